The van der Waals surface area contributed by atoms with Crippen molar-refractivity contribution in [2.24, 2.45) is 11.8 Å². The van der Waals surface area contributed by atoms with E-state index in [1.165, 1.54) is 75.7 Å². The molecule has 2 nitrogen and oxygen atoms in total. The lowest BCUT2D eigenvalue weighted by atomic mass is 9.67. The number of hydrogen-bond acceptors (Lipinski definition) is 2. The van der Waals surface area contributed by atoms with Gasteiger partial charge in [-0.1, -0.05) is 25.8 Å². The molecular weight excluding hydrogens is 256 g/mol. The van der Waals surface area contributed by atoms with Gasteiger partial charge in [-0.2, -0.15) is 0 Å². The molecule has 1 saturated carbocycles. The molecule has 116 valence electrons. The third-order valence-electron chi connectivity index (χ3n) is 5.56. The van der Waals surface area contributed by atoms with Crippen molar-refractivity contribution >= 4 is 0 Å². The molecule has 3 unspecified atom stereocenters. The number of hydrogen-bond donors (Lipinski definition) is 1. The lowest BCUT2D eigenvalue weighted by Crippen LogP contribution is -2.35. The molecule has 1 fully saturated rings. The molecule has 3 atom stereocenters. The second-order valence-electron chi connectivity index (χ2n) is 6.96. The van der Waals surface area contributed by atoms with Crippen molar-refractivity contribution in [3.63, 3.8) is 0 Å². The van der Waals surface area contributed by atoms with Gasteiger partial charge in [-0.15, -0.1) is 0 Å². The maximum absolute atomic E-state index is 4.79. The van der Waals surface area contributed by atoms with Gasteiger partial charge in [-0.05, 0) is 75.1 Å². The van der Waals surface area contributed by atoms with Crippen molar-refractivity contribution in [1.82, 2.24) is 10.3 Å². The molecule has 0 aromatic carbocycles. The summed E-state index contributed by atoms with van der Waals surface area (Å²) in [7, 11) is 0. The first-order valence-electron chi connectivity index (χ1n) is 9.04. The molecule has 0 bridgehead atoms. The summed E-state index contributed by atoms with van der Waals surface area (Å²) in [5, 5.41) is 3.68. The van der Waals surface area contributed by atoms with Gasteiger partial charge in [-0.3, -0.25) is 4.98 Å². The Morgan fingerprint density at radius 2 is 2.10 bits per heavy atom. The fourth-order valence-corrected chi connectivity index (χ4v) is 4.55. The van der Waals surface area contributed by atoms with E-state index in [1.807, 2.05) is 6.20 Å². The van der Waals surface area contributed by atoms with Crippen molar-refractivity contribution in [1.29, 1.82) is 0 Å². The average Bonchev–Trinajstić information content (AvgIpc) is 2.55. The van der Waals surface area contributed by atoms with Crippen LogP contribution in [0, 0.1) is 11.8 Å². The summed E-state index contributed by atoms with van der Waals surface area (Å²) in [6.45, 7) is 4.65. The van der Waals surface area contributed by atoms with E-state index in [-0.39, 0.29) is 0 Å². The molecule has 0 radical (unpaired) electrons. The minimum Gasteiger partial charge on any atom is -0.316 e. The Labute approximate surface area is 129 Å². The maximum Gasteiger partial charge on any atom is 0.0469 e. The lowest BCUT2D eigenvalue weighted by molar-refractivity contribution is 0.182. The van der Waals surface area contributed by atoms with Crippen LogP contribution in [-0.2, 0) is 6.42 Å². The fraction of sp³-hybridized carbons (Fsp3) is 0.737. The van der Waals surface area contributed by atoms with Gasteiger partial charge in [0.05, 0.1) is 0 Å². The van der Waals surface area contributed by atoms with Crippen LogP contribution in [0.1, 0.15) is 69.0 Å². The highest BCUT2D eigenvalue weighted by Crippen LogP contribution is 2.44. The molecule has 0 saturated heterocycles. The predicted octanol–water partition coefficient (Wildman–Crippen LogP) is 4.31. The standard InChI is InChI=1S/C19H30N2/c1-2-12-20-14-16-7-3-4-10-17(16)18-11-5-8-15-9-6-13-21-19(15)18/h6,9,13,16-18,20H,2-5,7-8,10-12,14H2,1H3. The van der Waals surface area contributed by atoms with Crippen LogP contribution in [-0.4, -0.2) is 18.1 Å². The fourth-order valence-electron chi connectivity index (χ4n) is 4.55. The zero-order valence-electron chi connectivity index (χ0n) is 13.5. The number of rotatable bonds is 5. The van der Waals surface area contributed by atoms with E-state index in [2.05, 4.69) is 24.4 Å². The summed E-state index contributed by atoms with van der Waals surface area (Å²) in [6.07, 6.45) is 12.9. The molecule has 2 heteroatoms. The largest absolute Gasteiger partial charge is 0.316 e. The molecular formula is C19H30N2. The van der Waals surface area contributed by atoms with Gasteiger partial charge in [-0.25, -0.2) is 0 Å². The SMILES string of the molecule is CCCNCC1CCCCC1C1CCCc2cccnc21. The summed E-state index contributed by atoms with van der Waals surface area (Å²) in [4.78, 5) is 4.79. The van der Waals surface area contributed by atoms with E-state index >= 15 is 0 Å². The van der Waals surface area contributed by atoms with Crippen LogP contribution in [0.4, 0.5) is 0 Å². The summed E-state index contributed by atoms with van der Waals surface area (Å²) in [5.74, 6) is 2.45. The van der Waals surface area contributed by atoms with Gasteiger partial charge in [0, 0.05) is 17.8 Å². The van der Waals surface area contributed by atoms with Gasteiger partial charge in [0.15, 0.2) is 0 Å². The van der Waals surface area contributed by atoms with Gasteiger partial charge in [0.2, 0.25) is 0 Å². The van der Waals surface area contributed by atoms with Gasteiger partial charge in [0.1, 0.15) is 0 Å². The molecule has 21 heavy (non-hydrogen) atoms. The van der Waals surface area contributed by atoms with Crippen LogP contribution < -0.4 is 5.32 Å². The number of pyridine rings is 1. The van der Waals surface area contributed by atoms with Crippen molar-refractivity contribution in [2.75, 3.05) is 13.1 Å². The number of aromatic nitrogens is 1. The topological polar surface area (TPSA) is 24.9 Å². The van der Waals surface area contributed by atoms with Crippen LogP contribution in [0.5, 0.6) is 0 Å². The maximum atomic E-state index is 4.79. The summed E-state index contributed by atoms with van der Waals surface area (Å²) < 4.78 is 0. The molecule has 0 amide bonds. The summed E-state index contributed by atoms with van der Waals surface area (Å²) in [5.41, 5.74) is 2.97. The van der Waals surface area contributed by atoms with Crippen molar-refractivity contribution in [3.05, 3.63) is 29.6 Å². The Hall–Kier alpha value is -0.890. The minimum atomic E-state index is 0.726. The van der Waals surface area contributed by atoms with Crippen molar-refractivity contribution < 1.29 is 0 Å². The lowest BCUT2D eigenvalue weighted by Gasteiger charge is -2.39. The number of nitrogens with zero attached hydrogens (tertiary/aromatic N) is 1. The summed E-state index contributed by atoms with van der Waals surface area (Å²) >= 11 is 0. The van der Waals surface area contributed by atoms with Crippen LogP contribution in [0.25, 0.3) is 0 Å². The van der Waals surface area contributed by atoms with E-state index in [0.29, 0.717) is 0 Å². The molecule has 1 aromatic rings. The molecule has 1 aromatic heterocycles. The molecule has 1 N–H and O–H groups in total. The number of nitrogens with one attached hydrogen (secondary N) is 1. The van der Waals surface area contributed by atoms with Gasteiger partial charge >= 0.3 is 0 Å². The first kappa shape index (κ1) is 15.0. The number of fused-ring (bicyclic) bond motifs is 1. The zero-order chi connectivity index (χ0) is 14.5. The first-order valence-corrected chi connectivity index (χ1v) is 9.04. The quantitative estimate of drug-likeness (QED) is 0.816. The summed E-state index contributed by atoms with van der Waals surface area (Å²) in [6, 6.07) is 4.42. The third kappa shape index (κ3) is 3.48. The zero-order valence-corrected chi connectivity index (χ0v) is 13.5. The first-order chi connectivity index (χ1) is 10.4. The second-order valence-corrected chi connectivity index (χ2v) is 6.96. The van der Waals surface area contributed by atoms with Crippen molar-refractivity contribution in [2.45, 2.75) is 64.2 Å². The highest BCUT2D eigenvalue weighted by Gasteiger charge is 2.35. The van der Waals surface area contributed by atoms with E-state index in [1.54, 1.807) is 0 Å². The average molecular weight is 286 g/mol. The third-order valence-corrected chi connectivity index (χ3v) is 5.56. The van der Waals surface area contributed by atoms with E-state index in [0.717, 1.165) is 17.8 Å². The van der Waals surface area contributed by atoms with Gasteiger partial charge in [0.25, 0.3) is 0 Å². The Balaban J connectivity index is 1.74. The van der Waals surface area contributed by atoms with Crippen LogP contribution >= 0.6 is 0 Å². The highest BCUT2D eigenvalue weighted by molar-refractivity contribution is 5.27. The van der Waals surface area contributed by atoms with E-state index < -0.39 is 0 Å². The van der Waals surface area contributed by atoms with Crippen molar-refractivity contribution in [3.8, 4) is 0 Å². The van der Waals surface area contributed by atoms with Crippen LogP contribution in [0.15, 0.2) is 18.3 Å². The monoisotopic (exact) mass is 286 g/mol. The normalized spacial score (nSPS) is 29.1. The van der Waals surface area contributed by atoms with Gasteiger partial charge < -0.3 is 5.32 Å². The smallest absolute Gasteiger partial charge is 0.0469 e. The predicted molar refractivity (Wildman–Crippen MR) is 88.5 cm³/mol. The second kappa shape index (κ2) is 7.40. The minimum absolute atomic E-state index is 0.726. The molecule has 1 heterocycles. The molecule has 0 spiro atoms. The van der Waals surface area contributed by atoms with E-state index in [4.69, 9.17) is 4.98 Å². The Bertz CT molecular complexity index is 443. The Morgan fingerprint density at radius 1 is 1.19 bits per heavy atom. The number of aryl methyl sites for hydroxylation is 1. The molecule has 2 aliphatic carbocycles. The van der Waals surface area contributed by atoms with E-state index in [9.17, 15) is 0 Å². The Morgan fingerprint density at radius 3 is 3.00 bits per heavy atom. The molecule has 2 aliphatic rings. The highest BCUT2D eigenvalue weighted by atomic mass is 14.9. The van der Waals surface area contributed by atoms with Crippen LogP contribution in [0.2, 0.25) is 0 Å². The van der Waals surface area contributed by atoms with Crippen LogP contribution in [0.3, 0.4) is 0 Å². The molecule has 0 aliphatic heterocycles. The Kier molecular flexibility index (Phi) is 5.29. The molecule has 3 rings (SSSR count).